The highest BCUT2D eigenvalue weighted by molar-refractivity contribution is 5.72. The Bertz CT molecular complexity index is 682. The number of rotatable bonds is 4. The zero-order valence-electron chi connectivity index (χ0n) is 14.2. The van der Waals surface area contributed by atoms with Crippen LogP contribution in [0.4, 0.5) is 0 Å². The van der Waals surface area contributed by atoms with Gasteiger partial charge in [0.1, 0.15) is 11.5 Å². The summed E-state index contributed by atoms with van der Waals surface area (Å²) < 4.78 is 5.30. The third kappa shape index (κ3) is 4.59. The van der Waals surface area contributed by atoms with Crippen molar-refractivity contribution in [3.63, 3.8) is 0 Å². The summed E-state index contributed by atoms with van der Waals surface area (Å²) in [5.74, 6) is 0.655. The summed E-state index contributed by atoms with van der Waals surface area (Å²) in [6.07, 6.45) is 0.901. The molecule has 0 saturated carbocycles. The zero-order chi connectivity index (χ0) is 17.0. The van der Waals surface area contributed by atoms with E-state index in [2.05, 4.69) is 20.8 Å². The van der Waals surface area contributed by atoms with Gasteiger partial charge in [-0.3, -0.25) is 4.79 Å². The molecule has 3 heteroatoms. The second kappa shape index (κ2) is 6.86. The quantitative estimate of drug-likeness (QED) is 0.666. The van der Waals surface area contributed by atoms with Crippen molar-refractivity contribution in [3.05, 3.63) is 59.2 Å². The van der Waals surface area contributed by atoms with Gasteiger partial charge in [0, 0.05) is 6.42 Å². The molecule has 2 aromatic carbocycles. The molecule has 2 rings (SSSR count). The van der Waals surface area contributed by atoms with E-state index in [0.29, 0.717) is 24.3 Å². The van der Waals surface area contributed by atoms with Gasteiger partial charge in [0.2, 0.25) is 0 Å². The lowest BCUT2D eigenvalue weighted by molar-refractivity contribution is -0.134. The van der Waals surface area contributed by atoms with E-state index in [1.165, 1.54) is 0 Å². The number of ether oxygens (including phenoxy) is 1. The number of phenols is 1. The van der Waals surface area contributed by atoms with E-state index in [-0.39, 0.29) is 11.4 Å². The second-order valence-electron chi connectivity index (χ2n) is 6.85. The van der Waals surface area contributed by atoms with Gasteiger partial charge in [0.15, 0.2) is 0 Å². The van der Waals surface area contributed by atoms with Crippen LogP contribution in [-0.4, -0.2) is 11.1 Å². The average molecular weight is 312 g/mol. The van der Waals surface area contributed by atoms with E-state index < -0.39 is 0 Å². The molecule has 0 aromatic heterocycles. The molecule has 0 atom stereocenters. The van der Waals surface area contributed by atoms with Crippen LogP contribution >= 0.6 is 0 Å². The molecule has 0 fully saturated rings. The Balaban J connectivity index is 2.06. The Kier molecular flexibility index (Phi) is 5.09. The molecular weight excluding hydrogens is 288 g/mol. The minimum absolute atomic E-state index is 0.143. The molecule has 0 bridgehead atoms. The number of carbonyl (C=O) groups excluding carboxylic acids is 1. The molecule has 3 nitrogen and oxygen atoms in total. The van der Waals surface area contributed by atoms with Crippen molar-refractivity contribution in [3.8, 4) is 11.5 Å². The van der Waals surface area contributed by atoms with E-state index in [1.807, 2.05) is 37.3 Å². The van der Waals surface area contributed by atoms with Crippen molar-refractivity contribution in [2.45, 2.75) is 46.0 Å². The predicted octanol–water partition coefficient (Wildman–Crippen LogP) is 4.54. The molecule has 0 spiro atoms. The number of hydrogen-bond donors (Lipinski definition) is 1. The monoisotopic (exact) mass is 312 g/mol. The van der Waals surface area contributed by atoms with Crippen molar-refractivity contribution in [1.29, 1.82) is 0 Å². The number of carbonyl (C=O) groups is 1. The van der Waals surface area contributed by atoms with Gasteiger partial charge >= 0.3 is 5.97 Å². The molecule has 0 radical (unpaired) electrons. The van der Waals surface area contributed by atoms with Gasteiger partial charge in [0.05, 0.1) is 0 Å². The van der Waals surface area contributed by atoms with Gasteiger partial charge < -0.3 is 9.84 Å². The maximum atomic E-state index is 11.9. The summed E-state index contributed by atoms with van der Waals surface area (Å²) in [5, 5.41) is 10.2. The van der Waals surface area contributed by atoms with Gasteiger partial charge in [-0.25, -0.2) is 0 Å². The summed E-state index contributed by atoms with van der Waals surface area (Å²) in [6.45, 7) is 8.08. The molecule has 2 aromatic rings. The first-order valence-corrected chi connectivity index (χ1v) is 7.86. The van der Waals surface area contributed by atoms with Gasteiger partial charge in [-0.2, -0.15) is 0 Å². The molecule has 0 amide bonds. The highest BCUT2D eigenvalue weighted by atomic mass is 16.5. The molecule has 1 N–H and O–H groups in total. The van der Waals surface area contributed by atoms with Gasteiger partial charge in [0.25, 0.3) is 0 Å². The van der Waals surface area contributed by atoms with Crippen LogP contribution in [0.5, 0.6) is 11.5 Å². The molecule has 0 unspecified atom stereocenters. The Labute approximate surface area is 137 Å². The zero-order valence-corrected chi connectivity index (χ0v) is 14.2. The van der Waals surface area contributed by atoms with Gasteiger partial charge in [-0.1, -0.05) is 51.1 Å². The van der Waals surface area contributed by atoms with Crippen molar-refractivity contribution in [2.75, 3.05) is 0 Å². The van der Waals surface area contributed by atoms with Crippen molar-refractivity contribution in [1.82, 2.24) is 0 Å². The lowest BCUT2D eigenvalue weighted by Crippen LogP contribution is -2.13. The first kappa shape index (κ1) is 17.1. The van der Waals surface area contributed by atoms with Gasteiger partial charge in [-0.15, -0.1) is 0 Å². The second-order valence-corrected chi connectivity index (χ2v) is 6.85. The van der Waals surface area contributed by atoms with E-state index in [9.17, 15) is 9.90 Å². The molecule has 0 saturated heterocycles. The minimum atomic E-state index is -0.251. The molecule has 122 valence electrons. The maximum Gasteiger partial charge on any atom is 0.311 e. The fourth-order valence-electron chi connectivity index (χ4n) is 2.49. The van der Waals surface area contributed by atoms with Crippen molar-refractivity contribution < 1.29 is 14.6 Å². The molecule has 0 heterocycles. The number of para-hydroxylation sites is 1. The van der Waals surface area contributed by atoms with Crippen LogP contribution in [0.1, 0.15) is 43.9 Å². The van der Waals surface area contributed by atoms with Crippen molar-refractivity contribution >= 4 is 5.97 Å². The largest absolute Gasteiger partial charge is 0.507 e. The first-order valence-electron chi connectivity index (χ1n) is 7.86. The highest BCUT2D eigenvalue weighted by Crippen LogP contribution is 2.34. The Morgan fingerprint density at radius 3 is 2.39 bits per heavy atom. The molecular formula is C20H24O3. The number of phenolic OH excluding ortho intramolecular Hbond substituents is 1. The normalized spacial score (nSPS) is 11.3. The predicted molar refractivity (Wildman–Crippen MR) is 91.9 cm³/mol. The Morgan fingerprint density at radius 1 is 1.13 bits per heavy atom. The fraction of sp³-hybridized carbons (Fsp3) is 0.350. The summed E-state index contributed by atoms with van der Waals surface area (Å²) in [5.41, 5.74) is 2.64. The third-order valence-electron chi connectivity index (χ3n) is 3.76. The van der Waals surface area contributed by atoms with Crippen LogP contribution < -0.4 is 4.74 Å². The third-order valence-corrected chi connectivity index (χ3v) is 3.76. The number of hydrogen-bond acceptors (Lipinski definition) is 3. The number of esters is 1. The fourth-order valence-corrected chi connectivity index (χ4v) is 2.49. The first-order chi connectivity index (χ1) is 10.8. The van der Waals surface area contributed by atoms with Crippen LogP contribution in [0.25, 0.3) is 0 Å². The van der Waals surface area contributed by atoms with E-state index in [0.717, 1.165) is 16.7 Å². The molecule has 23 heavy (non-hydrogen) atoms. The van der Waals surface area contributed by atoms with E-state index in [4.69, 9.17) is 4.74 Å². The van der Waals surface area contributed by atoms with Crippen LogP contribution in [0.2, 0.25) is 0 Å². The van der Waals surface area contributed by atoms with Crippen LogP contribution in [0, 0.1) is 6.92 Å². The minimum Gasteiger partial charge on any atom is -0.507 e. The molecule has 0 aliphatic carbocycles. The summed E-state index contributed by atoms with van der Waals surface area (Å²) >= 11 is 0. The Hall–Kier alpha value is -2.29. The smallest absolute Gasteiger partial charge is 0.311 e. The number of aromatic hydroxyl groups is 1. The van der Waals surface area contributed by atoms with Crippen LogP contribution in [-0.2, 0) is 16.6 Å². The standard InChI is InChI=1S/C20H24O3/c1-14-12-15(13-17(19(14)22)20(2,3)4)10-11-18(21)23-16-8-6-5-7-9-16/h5-9,12-13,22H,10-11H2,1-4H3. The van der Waals surface area contributed by atoms with Gasteiger partial charge in [-0.05, 0) is 47.6 Å². The SMILES string of the molecule is Cc1cc(CCC(=O)Oc2ccccc2)cc(C(C)(C)C)c1O. The molecule has 0 aliphatic heterocycles. The lowest BCUT2D eigenvalue weighted by atomic mass is 9.83. The number of aryl methyl sites for hydroxylation is 2. The lowest BCUT2D eigenvalue weighted by Gasteiger charge is -2.22. The maximum absolute atomic E-state index is 11.9. The average Bonchev–Trinajstić information content (AvgIpc) is 2.48. The van der Waals surface area contributed by atoms with Crippen LogP contribution in [0.15, 0.2) is 42.5 Å². The van der Waals surface area contributed by atoms with Crippen molar-refractivity contribution in [2.24, 2.45) is 0 Å². The summed E-state index contributed by atoms with van der Waals surface area (Å²) in [7, 11) is 0. The summed E-state index contributed by atoms with van der Waals surface area (Å²) in [6, 6.07) is 13.0. The number of benzene rings is 2. The topological polar surface area (TPSA) is 46.5 Å². The molecule has 0 aliphatic rings. The van der Waals surface area contributed by atoms with Crippen LogP contribution in [0.3, 0.4) is 0 Å². The highest BCUT2D eigenvalue weighted by Gasteiger charge is 2.20. The summed E-state index contributed by atoms with van der Waals surface area (Å²) in [4.78, 5) is 11.9. The van der Waals surface area contributed by atoms with E-state index in [1.54, 1.807) is 12.1 Å². The van der Waals surface area contributed by atoms with E-state index >= 15 is 0 Å². The Morgan fingerprint density at radius 2 is 1.78 bits per heavy atom.